The number of unbranched alkanes of at least 4 members (excludes halogenated alkanes) is 1. The van der Waals surface area contributed by atoms with Crippen LogP contribution in [0.4, 0.5) is 4.79 Å². The molecule has 2 amide bonds. The predicted octanol–water partition coefficient (Wildman–Crippen LogP) is 3.05. The minimum atomic E-state index is -0.747. The Morgan fingerprint density at radius 3 is 2.77 bits per heavy atom. The van der Waals surface area contributed by atoms with Gasteiger partial charge >= 0.3 is 12.0 Å². The van der Waals surface area contributed by atoms with Crippen molar-refractivity contribution >= 4 is 12.0 Å². The van der Waals surface area contributed by atoms with Gasteiger partial charge in [0.15, 0.2) is 0 Å². The van der Waals surface area contributed by atoms with E-state index in [2.05, 4.69) is 5.32 Å². The van der Waals surface area contributed by atoms with E-state index in [1.54, 1.807) is 4.90 Å². The molecule has 1 aromatic carbocycles. The molecule has 1 heterocycles. The highest BCUT2D eigenvalue weighted by Crippen LogP contribution is 2.48. The number of carboxylic acids is 1. The maximum atomic E-state index is 12.3. The Hall–Kier alpha value is -2.24. The van der Waals surface area contributed by atoms with Crippen LogP contribution in [0.5, 0.6) is 5.75 Å². The highest BCUT2D eigenvalue weighted by atomic mass is 16.5. The maximum Gasteiger partial charge on any atom is 0.317 e. The van der Waals surface area contributed by atoms with Crippen molar-refractivity contribution < 1.29 is 19.4 Å². The molecular weight excluding hydrogens is 332 g/mol. The lowest BCUT2D eigenvalue weighted by Crippen LogP contribution is -2.42. The lowest BCUT2D eigenvalue weighted by molar-refractivity contribution is -0.149. The molecule has 0 radical (unpaired) electrons. The number of fused-ring (bicyclic) bond motifs is 1. The van der Waals surface area contributed by atoms with Gasteiger partial charge in [-0.2, -0.15) is 0 Å². The summed E-state index contributed by atoms with van der Waals surface area (Å²) in [5.41, 5.74) is 0.495. The van der Waals surface area contributed by atoms with Crippen molar-refractivity contribution in [2.75, 3.05) is 26.2 Å². The van der Waals surface area contributed by atoms with E-state index in [1.165, 1.54) is 5.56 Å². The zero-order chi connectivity index (χ0) is 18.6. The van der Waals surface area contributed by atoms with E-state index in [-0.39, 0.29) is 11.9 Å². The molecule has 3 rings (SSSR count). The van der Waals surface area contributed by atoms with Crippen LogP contribution in [0.15, 0.2) is 24.3 Å². The number of ether oxygens (including phenoxy) is 1. The van der Waals surface area contributed by atoms with Crippen LogP contribution < -0.4 is 10.1 Å². The van der Waals surface area contributed by atoms with Gasteiger partial charge in [-0.15, -0.1) is 0 Å². The van der Waals surface area contributed by atoms with Crippen LogP contribution in [0.25, 0.3) is 0 Å². The zero-order valence-electron chi connectivity index (χ0n) is 15.4. The first-order valence-corrected chi connectivity index (χ1v) is 9.47. The number of likely N-dealkylation sites (tertiary alicyclic amines) is 1. The predicted molar refractivity (Wildman–Crippen MR) is 98.3 cm³/mol. The standard InChI is InChI=1S/C20H28N2O4/c1-15-6-8-17(9-7-15)26-12-3-2-11-21-19(25)22-13-16-5-4-10-20(16,14-22)18(23)24/h6-9,16H,2-5,10-14H2,1H3,(H,21,25)(H,23,24)/t16-,20+/m0/s1. The monoisotopic (exact) mass is 360 g/mol. The number of benzene rings is 1. The summed E-state index contributed by atoms with van der Waals surface area (Å²) in [4.78, 5) is 25.7. The highest BCUT2D eigenvalue weighted by Gasteiger charge is 2.55. The zero-order valence-corrected chi connectivity index (χ0v) is 15.4. The van der Waals surface area contributed by atoms with Crippen molar-refractivity contribution in [1.29, 1.82) is 0 Å². The number of nitrogens with zero attached hydrogens (tertiary/aromatic N) is 1. The number of carbonyl (C=O) groups is 2. The van der Waals surface area contributed by atoms with E-state index in [9.17, 15) is 14.7 Å². The number of aryl methyl sites for hydroxylation is 1. The van der Waals surface area contributed by atoms with Gasteiger partial charge in [-0.05, 0) is 50.7 Å². The molecular formula is C20H28N2O4. The summed E-state index contributed by atoms with van der Waals surface area (Å²) >= 11 is 0. The third-order valence-corrected chi connectivity index (χ3v) is 5.72. The van der Waals surface area contributed by atoms with Gasteiger partial charge in [0.25, 0.3) is 0 Å². The maximum absolute atomic E-state index is 12.3. The molecule has 6 nitrogen and oxygen atoms in total. The Kier molecular flexibility index (Phi) is 5.69. The van der Waals surface area contributed by atoms with Gasteiger partial charge in [-0.25, -0.2) is 4.79 Å². The van der Waals surface area contributed by atoms with Crippen molar-refractivity contribution in [2.24, 2.45) is 11.3 Å². The summed E-state index contributed by atoms with van der Waals surface area (Å²) in [6, 6.07) is 7.81. The fourth-order valence-electron chi connectivity index (χ4n) is 4.15. The second-order valence-electron chi connectivity index (χ2n) is 7.53. The molecule has 0 spiro atoms. The number of hydrogen-bond donors (Lipinski definition) is 2. The number of carboxylic acid groups (broad SMARTS) is 1. The molecule has 0 bridgehead atoms. The summed E-state index contributed by atoms with van der Waals surface area (Å²) in [5, 5.41) is 12.5. The molecule has 1 saturated carbocycles. The molecule has 2 N–H and O–H groups in total. The first kappa shape index (κ1) is 18.5. The Morgan fingerprint density at radius 1 is 1.31 bits per heavy atom. The summed E-state index contributed by atoms with van der Waals surface area (Å²) in [6.07, 6.45) is 4.24. The van der Waals surface area contributed by atoms with Gasteiger partial charge in [0.05, 0.1) is 12.0 Å². The number of urea groups is 1. The Balaban J connectivity index is 1.33. The molecule has 2 fully saturated rings. The van der Waals surface area contributed by atoms with Crippen LogP contribution in [0, 0.1) is 18.3 Å². The van der Waals surface area contributed by atoms with Crippen LogP contribution in [0.1, 0.15) is 37.7 Å². The lowest BCUT2D eigenvalue weighted by atomic mass is 9.81. The van der Waals surface area contributed by atoms with Crippen molar-refractivity contribution in [3.63, 3.8) is 0 Å². The molecule has 2 atom stereocenters. The second-order valence-corrected chi connectivity index (χ2v) is 7.53. The molecule has 6 heteroatoms. The molecule has 1 saturated heterocycles. The van der Waals surface area contributed by atoms with E-state index in [1.807, 2.05) is 31.2 Å². The fourth-order valence-corrected chi connectivity index (χ4v) is 4.15. The van der Waals surface area contributed by atoms with Crippen LogP contribution in [-0.4, -0.2) is 48.2 Å². The van der Waals surface area contributed by atoms with Crippen LogP contribution in [0.3, 0.4) is 0 Å². The lowest BCUT2D eigenvalue weighted by Gasteiger charge is -2.23. The van der Waals surface area contributed by atoms with Gasteiger partial charge in [-0.1, -0.05) is 24.1 Å². The number of hydrogen-bond acceptors (Lipinski definition) is 3. The molecule has 1 aliphatic heterocycles. The third-order valence-electron chi connectivity index (χ3n) is 5.72. The fraction of sp³-hybridized carbons (Fsp3) is 0.600. The van der Waals surface area contributed by atoms with Crippen molar-refractivity contribution in [1.82, 2.24) is 10.2 Å². The number of aliphatic carboxylic acids is 1. The molecule has 2 aliphatic rings. The quantitative estimate of drug-likeness (QED) is 0.733. The summed E-state index contributed by atoms with van der Waals surface area (Å²) < 4.78 is 5.67. The van der Waals surface area contributed by atoms with E-state index < -0.39 is 11.4 Å². The largest absolute Gasteiger partial charge is 0.494 e. The van der Waals surface area contributed by atoms with E-state index in [0.717, 1.165) is 31.4 Å². The number of carbonyl (C=O) groups excluding carboxylic acids is 1. The smallest absolute Gasteiger partial charge is 0.317 e. The summed E-state index contributed by atoms with van der Waals surface area (Å²) in [5.74, 6) is 0.222. The summed E-state index contributed by atoms with van der Waals surface area (Å²) in [7, 11) is 0. The molecule has 1 aliphatic carbocycles. The minimum absolute atomic E-state index is 0.105. The molecule has 1 aromatic rings. The van der Waals surface area contributed by atoms with Gasteiger partial charge in [-0.3, -0.25) is 4.79 Å². The molecule has 0 unspecified atom stereocenters. The van der Waals surface area contributed by atoms with Crippen LogP contribution in [0.2, 0.25) is 0 Å². The van der Waals surface area contributed by atoms with Crippen molar-refractivity contribution in [3.05, 3.63) is 29.8 Å². The SMILES string of the molecule is Cc1ccc(OCCCCNC(=O)N2C[C@@H]3CCC[C@@]3(C(=O)O)C2)cc1. The first-order chi connectivity index (χ1) is 12.5. The number of amides is 2. The Morgan fingerprint density at radius 2 is 2.08 bits per heavy atom. The average Bonchev–Trinajstić information content (AvgIpc) is 3.18. The Labute approximate surface area is 154 Å². The van der Waals surface area contributed by atoms with Crippen LogP contribution in [-0.2, 0) is 4.79 Å². The third kappa shape index (κ3) is 3.94. The van der Waals surface area contributed by atoms with Gasteiger partial charge in [0, 0.05) is 19.6 Å². The first-order valence-electron chi connectivity index (χ1n) is 9.47. The van der Waals surface area contributed by atoms with Gasteiger partial charge in [0.2, 0.25) is 0 Å². The molecule has 0 aromatic heterocycles. The van der Waals surface area contributed by atoms with E-state index in [0.29, 0.717) is 32.7 Å². The topological polar surface area (TPSA) is 78.9 Å². The van der Waals surface area contributed by atoms with Crippen molar-refractivity contribution in [3.8, 4) is 5.75 Å². The van der Waals surface area contributed by atoms with E-state index in [4.69, 9.17) is 4.74 Å². The highest BCUT2D eigenvalue weighted by molar-refractivity contribution is 5.80. The van der Waals surface area contributed by atoms with Gasteiger partial charge < -0.3 is 20.1 Å². The second kappa shape index (κ2) is 7.98. The average molecular weight is 360 g/mol. The Bertz CT molecular complexity index is 646. The van der Waals surface area contributed by atoms with Gasteiger partial charge in [0.1, 0.15) is 5.75 Å². The minimum Gasteiger partial charge on any atom is -0.494 e. The summed E-state index contributed by atoms with van der Waals surface area (Å²) in [6.45, 7) is 4.15. The van der Waals surface area contributed by atoms with Crippen LogP contribution >= 0.6 is 0 Å². The number of rotatable bonds is 7. The molecule has 142 valence electrons. The van der Waals surface area contributed by atoms with Crippen molar-refractivity contribution in [2.45, 2.75) is 39.0 Å². The van der Waals surface area contributed by atoms with E-state index >= 15 is 0 Å². The number of nitrogens with one attached hydrogen (secondary N) is 1. The molecule has 26 heavy (non-hydrogen) atoms. The normalized spacial score (nSPS) is 24.3.